The van der Waals surface area contributed by atoms with Gasteiger partial charge in [0.2, 0.25) is 17.6 Å². The fourth-order valence-electron chi connectivity index (χ4n) is 4.36. The summed E-state index contributed by atoms with van der Waals surface area (Å²) in [6, 6.07) is 12.8. The molecule has 1 aliphatic rings. The van der Waals surface area contributed by atoms with Crippen LogP contribution in [0.2, 0.25) is 0 Å². The predicted molar refractivity (Wildman–Crippen MR) is 130 cm³/mol. The maximum Gasteiger partial charge on any atom is 0.232 e. The summed E-state index contributed by atoms with van der Waals surface area (Å²) in [4.78, 5) is 30.1. The Kier molecular flexibility index (Phi) is 6.95. The van der Waals surface area contributed by atoms with Gasteiger partial charge in [-0.25, -0.2) is 0 Å². The van der Waals surface area contributed by atoms with Gasteiger partial charge in [0.25, 0.3) is 0 Å². The van der Waals surface area contributed by atoms with Gasteiger partial charge < -0.3 is 28.5 Å². The second-order valence-corrected chi connectivity index (χ2v) is 8.35. The molecule has 184 valence electrons. The second-order valence-electron chi connectivity index (χ2n) is 8.35. The third-order valence-electron chi connectivity index (χ3n) is 6.27. The Balaban J connectivity index is 1.63. The summed E-state index contributed by atoms with van der Waals surface area (Å²) in [5.74, 6) is 1.16. The number of amides is 2. The number of ether oxygens (including phenoxy) is 3. The van der Waals surface area contributed by atoms with Crippen LogP contribution in [0.1, 0.15) is 23.4 Å². The lowest BCUT2D eigenvalue weighted by Crippen LogP contribution is -2.37. The highest BCUT2D eigenvalue weighted by molar-refractivity contribution is 6.04. The Bertz CT molecular complexity index is 1180. The quantitative estimate of drug-likeness (QED) is 0.484. The van der Waals surface area contributed by atoms with Crippen LogP contribution >= 0.6 is 0 Å². The molecule has 1 atom stereocenters. The first-order valence-corrected chi connectivity index (χ1v) is 11.3. The highest BCUT2D eigenvalue weighted by Gasteiger charge is 2.38. The molecule has 2 aromatic carbocycles. The van der Waals surface area contributed by atoms with Gasteiger partial charge in [0, 0.05) is 36.3 Å². The van der Waals surface area contributed by atoms with E-state index in [1.54, 1.807) is 21.9 Å². The molecule has 0 radical (unpaired) electrons. The molecule has 1 unspecified atom stereocenters. The van der Waals surface area contributed by atoms with Gasteiger partial charge in [-0.2, -0.15) is 0 Å². The number of carbonyl (C=O) groups is 2. The number of methoxy groups -OCH3 is 3. The van der Waals surface area contributed by atoms with Crippen molar-refractivity contribution in [1.29, 1.82) is 0 Å². The molecule has 1 saturated heterocycles. The van der Waals surface area contributed by atoms with E-state index in [9.17, 15) is 9.59 Å². The molecule has 3 aromatic rings. The van der Waals surface area contributed by atoms with E-state index in [0.717, 1.165) is 16.9 Å². The standard InChI is InChI=1S/C26H29N3O6/c1-16-21(17(2)35-27-16)15-29(19-9-7-6-8-10-19)26(31)18-11-24(30)28(14-18)20-12-22(32-3)25(34-5)23(13-20)33-4/h6-10,12-13,18H,11,14-15H2,1-5H3. The number of aromatic nitrogens is 1. The molecule has 9 heteroatoms. The number of rotatable bonds is 8. The molecular formula is C26H29N3O6. The van der Waals surface area contributed by atoms with Crippen molar-refractivity contribution in [3.05, 3.63) is 59.5 Å². The van der Waals surface area contributed by atoms with Crippen LogP contribution in [0.25, 0.3) is 0 Å². The Morgan fingerprint density at radius 2 is 1.74 bits per heavy atom. The third kappa shape index (κ3) is 4.66. The summed E-state index contributed by atoms with van der Waals surface area (Å²) in [5, 5.41) is 4.02. The van der Waals surface area contributed by atoms with Crippen molar-refractivity contribution >= 4 is 23.2 Å². The summed E-state index contributed by atoms with van der Waals surface area (Å²) in [6.07, 6.45) is 0.0976. The predicted octanol–water partition coefficient (Wildman–Crippen LogP) is 3.90. The Labute approximate surface area is 204 Å². The number of aryl methyl sites for hydroxylation is 2. The normalized spacial score (nSPS) is 15.3. The number of benzene rings is 2. The lowest BCUT2D eigenvalue weighted by Gasteiger charge is -2.26. The van der Waals surface area contributed by atoms with Crippen LogP contribution < -0.4 is 24.0 Å². The highest BCUT2D eigenvalue weighted by Crippen LogP contribution is 2.42. The smallest absolute Gasteiger partial charge is 0.232 e. The van der Waals surface area contributed by atoms with Crippen molar-refractivity contribution in [3.8, 4) is 17.2 Å². The topological polar surface area (TPSA) is 94.3 Å². The molecule has 4 rings (SSSR count). The van der Waals surface area contributed by atoms with E-state index >= 15 is 0 Å². The fraction of sp³-hybridized carbons (Fsp3) is 0.346. The molecule has 0 spiro atoms. The highest BCUT2D eigenvalue weighted by atomic mass is 16.5. The summed E-state index contributed by atoms with van der Waals surface area (Å²) < 4.78 is 21.6. The van der Waals surface area contributed by atoms with Crippen LogP contribution in [0.3, 0.4) is 0 Å². The Hall–Kier alpha value is -4.01. The summed E-state index contributed by atoms with van der Waals surface area (Å²) >= 11 is 0. The minimum atomic E-state index is -0.526. The molecule has 1 aromatic heterocycles. The first-order valence-electron chi connectivity index (χ1n) is 11.3. The fourth-order valence-corrected chi connectivity index (χ4v) is 4.36. The number of para-hydroxylation sites is 1. The average molecular weight is 480 g/mol. The maximum atomic E-state index is 13.8. The molecule has 0 bridgehead atoms. The van der Waals surface area contributed by atoms with E-state index in [1.807, 2.05) is 44.2 Å². The largest absolute Gasteiger partial charge is 0.493 e. The van der Waals surface area contributed by atoms with E-state index in [-0.39, 0.29) is 24.8 Å². The second kappa shape index (κ2) is 10.1. The van der Waals surface area contributed by atoms with Crippen LogP contribution in [0.15, 0.2) is 47.0 Å². The molecule has 0 saturated carbocycles. The monoisotopic (exact) mass is 479 g/mol. The molecule has 0 N–H and O–H groups in total. The van der Waals surface area contributed by atoms with Crippen molar-refractivity contribution in [1.82, 2.24) is 5.16 Å². The van der Waals surface area contributed by atoms with Gasteiger partial charge in [0.05, 0.1) is 45.2 Å². The van der Waals surface area contributed by atoms with Gasteiger partial charge >= 0.3 is 0 Å². The number of nitrogens with zero attached hydrogens (tertiary/aromatic N) is 3. The van der Waals surface area contributed by atoms with Crippen LogP contribution in [-0.4, -0.2) is 44.8 Å². The van der Waals surface area contributed by atoms with Gasteiger partial charge in [0.15, 0.2) is 11.5 Å². The Morgan fingerprint density at radius 3 is 2.29 bits per heavy atom. The number of hydrogen-bond donors (Lipinski definition) is 0. The van der Waals surface area contributed by atoms with Crippen molar-refractivity contribution in [2.75, 3.05) is 37.7 Å². The van der Waals surface area contributed by atoms with E-state index in [0.29, 0.717) is 35.2 Å². The van der Waals surface area contributed by atoms with Crippen molar-refractivity contribution in [2.45, 2.75) is 26.8 Å². The van der Waals surface area contributed by atoms with Crippen molar-refractivity contribution in [3.63, 3.8) is 0 Å². The molecule has 2 heterocycles. The van der Waals surface area contributed by atoms with Crippen LogP contribution in [0.4, 0.5) is 11.4 Å². The van der Waals surface area contributed by atoms with E-state index in [4.69, 9.17) is 18.7 Å². The molecule has 1 fully saturated rings. The average Bonchev–Trinajstić information content (AvgIpc) is 3.42. The summed E-state index contributed by atoms with van der Waals surface area (Å²) in [6.45, 7) is 4.22. The Morgan fingerprint density at radius 1 is 1.09 bits per heavy atom. The summed E-state index contributed by atoms with van der Waals surface area (Å²) in [7, 11) is 4.56. The zero-order valence-corrected chi connectivity index (χ0v) is 20.5. The molecule has 2 amide bonds. The minimum absolute atomic E-state index is 0.0976. The molecule has 35 heavy (non-hydrogen) atoms. The van der Waals surface area contributed by atoms with Crippen LogP contribution in [0, 0.1) is 19.8 Å². The first kappa shape index (κ1) is 24.1. The lowest BCUT2D eigenvalue weighted by molar-refractivity contribution is -0.124. The van der Waals surface area contributed by atoms with Gasteiger partial charge in [-0.1, -0.05) is 23.4 Å². The zero-order chi connectivity index (χ0) is 25.1. The van der Waals surface area contributed by atoms with E-state index in [2.05, 4.69) is 5.16 Å². The van der Waals surface area contributed by atoms with Gasteiger partial charge in [-0.15, -0.1) is 0 Å². The van der Waals surface area contributed by atoms with Crippen molar-refractivity contribution < 1.29 is 28.3 Å². The molecular weight excluding hydrogens is 450 g/mol. The molecule has 9 nitrogen and oxygen atoms in total. The number of hydrogen-bond acceptors (Lipinski definition) is 7. The zero-order valence-electron chi connectivity index (χ0n) is 20.5. The molecule has 1 aliphatic heterocycles. The van der Waals surface area contributed by atoms with Gasteiger partial charge in [0.1, 0.15) is 5.76 Å². The van der Waals surface area contributed by atoms with E-state index in [1.165, 1.54) is 21.3 Å². The maximum absolute atomic E-state index is 13.8. The third-order valence-corrected chi connectivity index (χ3v) is 6.27. The van der Waals surface area contributed by atoms with Crippen molar-refractivity contribution in [2.24, 2.45) is 5.92 Å². The van der Waals surface area contributed by atoms with Crippen LogP contribution in [0.5, 0.6) is 17.2 Å². The minimum Gasteiger partial charge on any atom is -0.493 e. The van der Waals surface area contributed by atoms with Gasteiger partial charge in [-0.3, -0.25) is 9.59 Å². The SMILES string of the molecule is COc1cc(N2CC(C(=O)N(Cc3c(C)noc3C)c3ccccc3)CC2=O)cc(OC)c1OC. The lowest BCUT2D eigenvalue weighted by atomic mass is 10.1. The number of carbonyl (C=O) groups excluding carboxylic acids is 2. The first-order chi connectivity index (χ1) is 16.9. The number of anilines is 2. The van der Waals surface area contributed by atoms with E-state index < -0.39 is 5.92 Å². The summed E-state index contributed by atoms with van der Waals surface area (Å²) in [5.41, 5.74) is 2.92. The van der Waals surface area contributed by atoms with Crippen LogP contribution in [-0.2, 0) is 16.1 Å². The molecule has 0 aliphatic carbocycles. The van der Waals surface area contributed by atoms with Gasteiger partial charge in [-0.05, 0) is 26.0 Å².